The number of aromatic nitrogens is 4. The van der Waals surface area contributed by atoms with E-state index in [0.717, 1.165) is 5.69 Å². The van der Waals surface area contributed by atoms with Gasteiger partial charge in [-0.25, -0.2) is 0 Å². The highest BCUT2D eigenvalue weighted by Gasteiger charge is 1.92. The molecular formula is C7H5N4. The maximum Gasteiger partial charge on any atom is 0.123 e. The minimum atomic E-state index is 0.914. The molecule has 0 spiro atoms. The molecule has 2 aromatic heterocycles. The van der Waals surface area contributed by atoms with Gasteiger partial charge < -0.3 is 0 Å². The molecule has 2 rings (SSSR count). The van der Waals surface area contributed by atoms with Crippen LogP contribution in [0.15, 0.2) is 31.1 Å². The number of hydrogen-bond donors (Lipinski definition) is 0. The van der Waals surface area contributed by atoms with Gasteiger partial charge >= 0.3 is 0 Å². The van der Waals surface area contributed by atoms with Crippen molar-refractivity contribution in [3.8, 4) is 5.69 Å². The Bertz CT molecular complexity index is 313. The molecule has 0 aromatic carbocycles. The van der Waals surface area contributed by atoms with E-state index in [0.29, 0.717) is 0 Å². The standard InChI is InChI=1S/C7H5N4/c1-2-7(4-8-3-1)11-5-9-10-6-11/h2-6H. The summed E-state index contributed by atoms with van der Waals surface area (Å²) in [6, 6.07) is 4.68. The zero-order valence-corrected chi connectivity index (χ0v) is 5.68. The minimum absolute atomic E-state index is 0.914. The maximum atomic E-state index is 3.91. The topological polar surface area (TPSA) is 43.6 Å². The molecule has 0 N–H and O–H groups in total. The van der Waals surface area contributed by atoms with Crippen molar-refractivity contribution in [3.05, 3.63) is 37.2 Å². The molecule has 4 nitrogen and oxygen atoms in total. The Morgan fingerprint density at radius 1 is 1.27 bits per heavy atom. The van der Waals surface area contributed by atoms with E-state index in [-0.39, 0.29) is 0 Å². The van der Waals surface area contributed by atoms with E-state index in [1.807, 2.05) is 6.07 Å². The predicted molar refractivity (Wildman–Crippen MR) is 38.0 cm³/mol. The van der Waals surface area contributed by atoms with Gasteiger partial charge in [-0.05, 0) is 6.07 Å². The molecule has 0 amide bonds. The third-order valence-electron chi connectivity index (χ3n) is 1.30. The van der Waals surface area contributed by atoms with Gasteiger partial charge in [-0.2, -0.15) is 0 Å². The second kappa shape index (κ2) is 2.49. The summed E-state index contributed by atoms with van der Waals surface area (Å²) in [4.78, 5) is 3.91. The Morgan fingerprint density at radius 2 is 2.09 bits per heavy atom. The predicted octanol–water partition coefficient (Wildman–Crippen LogP) is 0.462. The van der Waals surface area contributed by atoms with Crippen LogP contribution < -0.4 is 0 Å². The van der Waals surface area contributed by atoms with E-state index < -0.39 is 0 Å². The molecule has 0 atom stereocenters. The first-order chi connectivity index (χ1) is 5.47. The van der Waals surface area contributed by atoms with E-state index >= 15 is 0 Å². The molecule has 0 aliphatic carbocycles. The molecule has 0 unspecified atom stereocenters. The van der Waals surface area contributed by atoms with Crippen molar-refractivity contribution in [2.75, 3.05) is 0 Å². The van der Waals surface area contributed by atoms with Crippen molar-refractivity contribution in [1.82, 2.24) is 19.7 Å². The van der Waals surface area contributed by atoms with Gasteiger partial charge in [0.25, 0.3) is 0 Å². The third kappa shape index (κ3) is 1.10. The first-order valence-electron chi connectivity index (χ1n) is 3.13. The molecule has 2 aromatic rings. The molecule has 0 bridgehead atoms. The van der Waals surface area contributed by atoms with E-state index in [4.69, 9.17) is 0 Å². The van der Waals surface area contributed by atoms with Gasteiger partial charge in [0.1, 0.15) is 12.7 Å². The molecule has 0 aliphatic rings. The number of pyridine rings is 1. The SMILES string of the molecule is [c]1cncc(-n2cnnc2)c1. The van der Waals surface area contributed by atoms with Crippen LogP contribution in [0.4, 0.5) is 0 Å². The van der Waals surface area contributed by atoms with Gasteiger partial charge in [-0.3, -0.25) is 9.55 Å². The van der Waals surface area contributed by atoms with Crippen LogP contribution in [0.5, 0.6) is 0 Å². The van der Waals surface area contributed by atoms with Gasteiger partial charge in [0.2, 0.25) is 0 Å². The summed E-state index contributed by atoms with van der Waals surface area (Å²) in [5.74, 6) is 0. The first kappa shape index (κ1) is 6.03. The lowest BCUT2D eigenvalue weighted by atomic mass is 10.4. The lowest BCUT2D eigenvalue weighted by Gasteiger charge is -1.96. The maximum absolute atomic E-state index is 3.91. The Balaban J connectivity index is 2.46. The summed E-state index contributed by atoms with van der Waals surface area (Å²) >= 11 is 0. The van der Waals surface area contributed by atoms with Gasteiger partial charge in [0.15, 0.2) is 0 Å². The number of rotatable bonds is 1. The minimum Gasteiger partial charge on any atom is -0.287 e. The van der Waals surface area contributed by atoms with Crippen molar-refractivity contribution in [1.29, 1.82) is 0 Å². The van der Waals surface area contributed by atoms with Crippen molar-refractivity contribution >= 4 is 0 Å². The Kier molecular flexibility index (Phi) is 1.37. The van der Waals surface area contributed by atoms with Crippen LogP contribution in [-0.2, 0) is 0 Å². The summed E-state index contributed by atoms with van der Waals surface area (Å²) < 4.78 is 1.77. The molecule has 4 heteroatoms. The van der Waals surface area contributed by atoms with Gasteiger partial charge in [-0.15, -0.1) is 10.2 Å². The Morgan fingerprint density at radius 3 is 2.73 bits per heavy atom. The zero-order chi connectivity index (χ0) is 7.52. The third-order valence-corrected chi connectivity index (χ3v) is 1.30. The quantitative estimate of drug-likeness (QED) is 0.585. The number of hydrogen-bond acceptors (Lipinski definition) is 3. The Labute approximate surface area is 63.5 Å². The highest BCUT2D eigenvalue weighted by Crippen LogP contribution is 2.00. The van der Waals surface area contributed by atoms with Gasteiger partial charge in [-0.1, -0.05) is 0 Å². The molecule has 0 fully saturated rings. The van der Waals surface area contributed by atoms with Crippen LogP contribution in [0.2, 0.25) is 0 Å². The summed E-state index contributed by atoms with van der Waals surface area (Å²) in [6.45, 7) is 0. The smallest absolute Gasteiger partial charge is 0.123 e. The van der Waals surface area contributed by atoms with Gasteiger partial charge in [0.05, 0.1) is 11.9 Å². The van der Waals surface area contributed by atoms with E-state index in [9.17, 15) is 0 Å². The molecule has 53 valence electrons. The van der Waals surface area contributed by atoms with E-state index in [1.165, 1.54) is 0 Å². The Hall–Kier alpha value is -1.71. The van der Waals surface area contributed by atoms with Crippen molar-refractivity contribution in [2.24, 2.45) is 0 Å². The zero-order valence-electron chi connectivity index (χ0n) is 5.68. The average Bonchev–Trinajstić information content (AvgIpc) is 2.58. The summed E-state index contributed by atoms with van der Waals surface area (Å²) in [5.41, 5.74) is 0.914. The lowest BCUT2D eigenvalue weighted by Crippen LogP contribution is -1.89. The second-order valence-corrected chi connectivity index (χ2v) is 2.01. The molecule has 2 heterocycles. The van der Waals surface area contributed by atoms with Crippen LogP contribution in [-0.4, -0.2) is 19.7 Å². The normalized spacial score (nSPS) is 9.82. The van der Waals surface area contributed by atoms with Crippen molar-refractivity contribution < 1.29 is 0 Å². The highest BCUT2D eigenvalue weighted by molar-refractivity contribution is 5.25. The molecular weight excluding hydrogens is 140 g/mol. The van der Waals surface area contributed by atoms with Crippen LogP contribution in [0.3, 0.4) is 0 Å². The molecule has 0 saturated heterocycles. The summed E-state index contributed by atoms with van der Waals surface area (Å²) in [5, 5.41) is 7.34. The summed E-state index contributed by atoms with van der Waals surface area (Å²) in [6.07, 6.45) is 6.56. The van der Waals surface area contributed by atoms with Gasteiger partial charge in [0, 0.05) is 12.3 Å². The highest BCUT2D eigenvalue weighted by atomic mass is 15.2. The molecule has 0 aliphatic heterocycles. The second-order valence-electron chi connectivity index (χ2n) is 2.01. The molecule has 1 radical (unpaired) electrons. The van der Waals surface area contributed by atoms with E-state index in [2.05, 4.69) is 21.2 Å². The van der Waals surface area contributed by atoms with Crippen LogP contribution in [0.25, 0.3) is 5.69 Å². The average molecular weight is 145 g/mol. The largest absolute Gasteiger partial charge is 0.287 e. The number of nitrogens with zero attached hydrogens (tertiary/aromatic N) is 4. The lowest BCUT2D eigenvalue weighted by molar-refractivity contribution is 1.04. The van der Waals surface area contributed by atoms with Crippen LogP contribution in [0, 0.1) is 6.07 Å². The van der Waals surface area contributed by atoms with Crippen LogP contribution in [0.1, 0.15) is 0 Å². The first-order valence-corrected chi connectivity index (χ1v) is 3.13. The summed E-state index contributed by atoms with van der Waals surface area (Å²) in [7, 11) is 0. The fraction of sp³-hybridized carbons (Fsp3) is 0. The van der Waals surface area contributed by atoms with Crippen LogP contribution >= 0.6 is 0 Å². The fourth-order valence-electron chi connectivity index (χ4n) is 0.792. The van der Waals surface area contributed by atoms with Crippen molar-refractivity contribution in [2.45, 2.75) is 0 Å². The molecule has 0 saturated carbocycles. The van der Waals surface area contributed by atoms with E-state index in [1.54, 1.807) is 29.6 Å². The molecule has 11 heavy (non-hydrogen) atoms. The fourth-order valence-corrected chi connectivity index (χ4v) is 0.792. The monoisotopic (exact) mass is 145 g/mol. The van der Waals surface area contributed by atoms with Crippen molar-refractivity contribution in [3.63, 3.8) is 0 Å².